The van der Waals surface area contributed by atoms with Crippen molar-refractivity contribution in [1.82, 2.24) is 0 Å². The van der Waals surface area contributed by atoms with Gasteiger partial charge in [-0.25, -0.2) is 4.98 Å². The summed E-state index contributed by atoms with van der Waals surface area (Å²) in [6, 6.07) is 12.8. The van der Waals surface area contributed by atoms with Crippen LogP contribution in [0.15, 0.2) is 48.8 Å². The molecule has 0 aliphatic heterocycles. The highest BCUT2D eigenvalue weighted by atomic mass is 35.5. The van der Waals surface area contributed by atoms with Gasteiger partial charge in [0.05, 0.1) is 14.1 Å². The van der Waals surface area contributed by atoms with Crippen molar-refractivity contribution < 1.29 is 34.7 Å². The maximum atomic E-state index is 3.09. The molecule has 1 heterocycles. The Morgan fingerprint density at radius 2 is 1.53 bits per heavy atom. The molecule has 0 bridgehead atoms. The molecule has 0 fully saturated rings. The van der Waals surface area contributed by atoms with Crippen LogP contribution in [0.4, 0.5) is 5.69 Å². The summed E-state index contributed by atoms with van der Waals surface area (Å²) in [5.74, 6) is 0. The molecule has 2 nitrogen and oxygen atoms in total. The molecule has 0 radical (unpaired) electrons. The number of hydrogen-bond donors (Lipinski definition) is 1. The summed E-state index contributed by atoms with van der Waals surface area (Å²) in [5, 5.41) is 0. The first-order chi connectivity index (χ1) is 7.27. The van der Waals surface area contributed by atoms with E-state index in [0.29, 0.717) is 0 Å². The highest BCUT2D eigenvalue weighted by molar-refractivity contribution is 5.62. The van der Waals surface area contributed by atoms with Gasteiger partial charge >= 0.3 is 0 Å². The lowest BCUT2D eigenvalue weighted by molar-refractivity contribution is -0.786. The second-order valence-corrected chi connectivity index (χ2v) is 3.87. The van der Waals surface area contributed by atoms with Crippen LogP contribution < -0.4 is 34.7 Å². The molecule has 0 saturated carbocycles. The van der Waals surface area contributed by atoms with E-state index < -0.39 is 0 Å². The molecule has 0 aliphatic carbocycles. The summed E-state index contributed by atoms with van der Waals surface area (Å²) in [4.78, 5) is 4.44. The van der Waals surface area contributed by atoms with Crippen LogP contribution in [0.25, 0.3) is 11.1 Å². The topological polar surface area (TPSA) is 18.6 Å². The highest BCUT2D eigenvalue weighted by Gasteiger charge is 2.02. The number of quaternary nitrogens is 1. The molecule has 92 valence electrons. The normalized spacial score (nSPS) is 9.35. The number of nitrogens with one attached hydrogen (secondary N) is 2. The second-order valence-electron chi connectivity index (χ2n) is 3.87. The number of benzene rings is 1. The molecule has 0 amide bonds. The monoisotopic (exact) mass is 270 g/mol. The van der Waals surface area contributed by atoms with E-state index in [2.05, 4.69) is 49.4 Å². The first kappa shape index (κ1) is 15.9. The van der Waals surface area contributed by atoms with Crippen molar-refractivity contribution in [2.75, 3.05) is 14.1 Å². The Labute approximate surface area is 115 Å². The fraction of sp³-hybridized carbons (Fsp3) is 0.154. The predicted molar refractivity (Wildman–Crippen MR) is 60.9 cm³/mol. The average molecular weight is 271 g/mol. The summed E-state index contributed by atoms with van der Waals surface area (Å²) < 4.78 is 0. The molecule has 0 unspecified atom stereocenters. The number of aromatic amines is 1. The molecule has 2 N–H and O–H groups in total. The van der Waals surface area contributed by atoms with Gasteiger partial charge in [-0.2, -0.15) is 0 Å². The zero-order chi connectivity index (χ0) is 10.7. The van der Waals surface area contributed by atoms with Gasteiger partial charge in [-0.3, -0.25) is 0 Å². The highest BCUT2D eigenvalue weighted by Crippen LogP contribution is 2.17. The van der Waals surface area contributed by atoms with Crippen molar-refractivity contribution in [2.45, 2.75) is 0 Å². The minimum atomic E-state index is 0. The van der Waals surface area contributed by atoms with Gasteiger partial charge < -0.3 is 29.7 Å². The fourth-order valence-corrected chi connectivity index (χ4v) is 1.57. The van der Waals surface area contributed by atoms with E-state index >= 15 is 0 Å². The minimum absolute atomic E-state index is 0. The van der Waals surface area contributed by atoms with Crippen LogP contribution in [0, 0.1) is 0 Å². The van der Waals surface area contributed by atoms with Crippen molar-refractivity contribution in [3.05, 3.63) is 48.8 Å². The quantitative estimate of drug-likeness (QED) is 0.564. The Hall–Kier alpha value is -1.09. The standard InChI is InChI=1S/C13H14N2.2ClH/c1-15(2)13-7-5-11(6-8-13)12-4-3-9-14-10-12;;/h3-10H,1-2H3;2*1H. The van der Waals surface area contributed by atoms with E-state index in [1.54, 1.807) is 0 Å². The molecule has 0 aliphatic rings. The van der Waals surface area contributed by atoms with Crippen LogP contribution in [0.1, 0.15) is 0 Å². The molecular formula is C13H16Cl2N2. The fourth-order valence-electron chi connectivity index (χ4n) is 1.57. The molecule has 2 rings (SSSR count). The Balaban J connectivity index is 0.00000128. The van der Waals surface area contributed by atoms with Crippen LogP contribution >= 0.6 is 0 Å². The van der Waals surface area contributed by atoms with Gasteiger partial charge in [-0.05, 0) is 35.9 Å². The molecular weight excluding hydrogens is 255 g/mol. The zero-order valence-corrected chi connectivity index (χ0v) is 11.4. The molecule has 2 aromatic rings. The second kappa shape index (κ2) is 7.28. The molecule has 0 spiro atoms. The molecule has 17 heavy (non-hydrogen) atoms. The van der Waals surface area contributed by atoms with Crippen LogP contribution in [-0.4, -0.2) is 14.1 Å². The predicted octanol–water partition coefficient (Wildman–Crippen LogP) is -5.05. The van der Waals surface area contributed by atoms with E-state index in [0.717, 1.165) is 0 Å². The minimum Gasteiger partial charge on any atom is -1.00 e. The van der Waals surface area contributed by atoms with Crippen molar-refractivity contribution in [2.24, 2.45) is 0 Å². The first-order valence-electron chi connectivity index (χ1n) is 5.14. The van der Waals surface area contributed by atoms with Gasteiger partial charge in [0.25, 0.3) is 0 Å². The summed E-state index contributed by atoms with van der Waals surface area (Å²) in [7, 11) is 4.26. The van der Waals surface area contributed by atoms with Gasteiger partial charge in [-0.1, -0.05) is 0 Å². The third kappa shape index (κ3) is 4.00. The summed E-state index contributed by atoms with van der Waals surface area (Å²) in [5.41, 5.74) is 3.77. The van der Waals surface area contributed by atoms with Gasteiger partial charge in [0.15, 0.2) is 12.4 Å². The number of halogens is 2. The maximum absolute atomic E-state index is 3.09. The lowest BCUT2D eigenvalue weighted by Gasteiger charge is -2.06. The summed E-state index contributed by atoms with van der Waals surface area (Å²) in [6.07, 6.45) is 3.93. The smallest absolute Gasteiger partial charge is 0.174 e. The zero-order valence-electron chi connectivity index (χ0n) is 9.87. The first-order valence-corrected chi connectivity index (χ1v) is 5.14. The van der Waals surface area contributed by atoms with Crippen LogP contribution in [0.3, 0.4) is 0 Å². The summed E-state index contributed by atoms with van der Waals surface area (Å²) >= 11 is 0. The van der Waals surface area contributed by atoms with Gasteiger partial charge in [0.2, 0.25) is 0 Å². The SMILES string of the molecule is C[NH+](C)c1ccc(-c2ccc[nH+]c2)cc1.[Cl-].[Cl-]. The largest absolute Gasteiger partial charge is 1.00 e. The van der Waals surface area contributed by atoms with E-state index in [1.807, 2.05) is 18.5 Å². The molecule has 1 aromatic heterocycles. The third-order valence-corrected chi connectivity index (χ3v) is 2.50. The maximum Gasteiger partial charge on any atom is 0.174 e. The Morgan fingerprint density at radius 3 is 2.00 bits per heavy atom. The summed E-state index contributed by atoms with van der Waals surface area (Å²) in [6.45, 7) is 0. The number of aromatic nitrogens is 1. The van der Waals surface area contributed by atoms with Gasteiger partial charge in [0.1, 0.15) is 5.69 Å². The van der Waals surface area contributed by atoms with Crippen LogP contribution in [-0.2, 0) is 0 Å². The Bertz CT molecular complexity index is 427. The Morgan fingerprint density at radius 1 is 0.882 bits per heavy atom. The van der Waals surface area contributed by atoms with Crippen molar-refractivity contribution >= 4 is 5.69 Å². The Kier molecular flexibility index (Phi) is 6.81. The lowest BCUT2D eigenvalue weighted by atomic mass is 10.1. The molecule has 0 saturated heterocycles. The average Bonchev–Trinajstić information content (AvgIpc) is 2.30. The van der Waals surface area contributed by atoms with E-state index in [1.165, 1.54) is 21.7 Å². The number of H-pyrrole nitrogens is 1. The third-order valence-electron chi connectivity index (χ3n) is 2.50. The number of hydrogen-bond acceptors (Lipinski definition) is 0. The van der Waals surface area contributed by atoms with Gasteiger partial charge in [-0.15, -0.1) is 0 Å². The van der Waals surface area contributed by atoms with E-state index in [4.69, 9.17) is 0 Å². The molecule has 4 heteroatoms. The number of pyridine rings is 1. The number of rotatable bonds is 2. The molecule has 1 aromatic carbocycles. The van der Waals surface area contributed by atoms with Crippen molar-refractivity contribution in [1.29, 1.82) is 0 Å². The van der Waals surface area contributed by atoms with Crippen LogP contribution in [0.5, 0.6) is 0 Å². The van der Waals surface area contributed by atoms with Gasteiger partial charge in [0, 0.05) is 11.6 Å². The van der Waals surface area contributed by atoms with Crippen LogP contribution in [0.2, 0.25) is 0 Å². The molecule has 0 atom stereocenters. The van der Waals surface area contributed by atoms with Crippen molar-refractivity contribution in [3.8, 4) is 11.1 Å². The van der Waals surface area contributed by atoms with E-state index in [-0.39, 0.29) is 24.8 Å². The van der Waals surface area contributed by atoms with Crippen molar-refractivity contribution in [3.63, 3.8) is 0 Å². The van der Waals surface area contributed by atoms with E-state index in [9.17, 15) is 0 Å². The lowest BCUT2D eigenvalue weighted by Crippen LogP contribution is -3.00.